The van der Waals surface area contributed by atoms with Gasteiger partial charge in [0.1, 0.15) is 4.90 Å². The monoisotopic (exact) mass is 412 g/mol. The van der Waals surface area contributed by atoms with E-state index in [1.165, 1.54) is 10.4 Å². The summed E-state index contributed by atoms with van der Waals surface area (Å²) in [6.07, 6.45) is 0. The lowest BCUT2D eigenvalue weighted by molar-refractivity contribution is 0.203. The van der Waals surface area contributed by atoms with Crippen molar-refractivity contribution in [2.24, 2.45) is 0 Å². The minimum absolute atomic E-state index is 0.141. The van der Waals surface area contributed by atoms with E-state index in [0.717, 1.165) is 4.47 Å². The molecule has 0 radical (unpaired) electrons. The predicted molar refractivity (Wildman–Crippen MR) is 89.3 cm³/mol. The molecule has 1 aromatic rings. The highest BCUT2D eigenvalue weighted by Crippen LogP contribution is 2.28. The minimum Gasteiger partial charge on any atom is -0.296 e. The minimum atomic E-state index is -3.56. The number of rotatable bonds is 4. The molecule has 1 heterocycles. The Kier molecular flexibility index (Phi) is 5.73. The zero-order valence-corrected chi connectivity index (χ0v) is 15.1. The summed E-state index contributed by atoms with van der Waals surface area (Å²) in [6, 6.07) is 4.78. The van der Waals surface area contributed by atoms with Crippen LogP contribution in [0.3, 0.4) is 0 Å². The number of hydrogen-bond donors (Lipinski definition) is 0. The Balaban J connectivity index is 2.13. The van der Waals surface area contributed by atoms with Crippen molar-refractivity contribution in [3.63, 3.8) is 0 Å². The lowest BCUT2D eigenvalue weighted by Gasteiger charge is -2.33. The van der Waals surface area contributed by atoms with Crippen LogP contribution < -0.4 is 0 Å². The van der Waals surface area contributed by atoms with Gasteiger partial charge in [-0.2, -0.15) is 4.31 Å². The van der Waals surface area contributed by atoms with Gasteiger partial charge < -0.3 is 0 Å². The molecule has 1 saturated heterocycles. The molecule has 0 unspecified atom stereocenters. The van der Waals surface area contributed by atoms with Gasteiger partial charge >= 0.3 is 0 Å². The average molecular weight is 414 g/mol. The first-order valence-electron chi connectivity index (χ1n) is 6.31. The van der Waals surface area contributed by atoms with Crippen molar-refractivity contribution in [2.75, 3.05) is 32.7 Å². The number of halogens is 3. The molecule has 0 amide bonds. The first-order chi connectivity index (χ1) is 9.80. The summed E-state index contributed by atoms with van der Waals surface area (Å²) in [5.74, 6) is 0. The summed E-state index contributed by atoms with van der Waals surface area (Å²) in [7, 11) is -3.56. The fraction of sp³-hybridized carbons (Fsp3) is 0.385. The molecule has 0 spiro atoms. The van der Waals surface area contributed by atoms with Gasteiger partial charge in [0.05, 0.1) is 5.02 Å². The van der Waals surface area contributed by atoms with Crippen LogP contribution in [0.25, 0.3) is 0 Å². The van der Waals surface area contributed by atoms with E-state index in [2.05, 4.69) is 27.4 Å². The third-order valence-electron chi connectivity index (χ3n) is 3.24. The quantitative estimate of drug-likeness (QED) is 0.761. The van der Waals surface area contributed by atoms with Gasteiger partial charge in [0.25, 0.3) is 0 Å². The lowest BCUT2D eigenvalue weighted by atomic mass is 10.3. The molecule has 1 aliphatic rings. The number of nitrogens with zero attached hydrogens (tertiary/aromatic N) is 2. The molecule has 2 rings (SSSR count). The summed E-state index contributed by atoms with van der Waals surface area (Å²) in [5, 5.41) is 0.781. The number of hydrogen-bond acceptors (Lipinski definition) is 3. The van der Waals surface area contributed by atoms with Crippen LogP contribution >= 0.6 is 39.1 Å². The van der Waals surface area contributed by atoms with Gasteiger partial charge in [-0.1, -0.05) is 45.7 Å². The summed E-state index contributed by atoms with van der Waals surface area (Å²) in [6.45, 7) is 6.31. The van der Waals surface area contributed by atoms with E-state index >= 15 is 0 Å². The topological polar surface area (TPSA) is 40.6 Å². The Bertz CT molecular complexity index is 644. The van der Waals surface area contributed by atoms with Crippen molar-refractivity contribution in [1.82, 2.24) is 9.21 Å². The Morgan fingerprint density at radius 3 is 2.43 bits per heavy atom. The van der Waals surface area contributed by atoms with Crippen molar-refractivity contribution in [1.29, 1.82) is 0 Å². The van der Waals surface area contributed by atoms with Crippen LogP contribution in [-0.2, 0) is 10.0 Å². The first kappa shape index (κ1) is 17.2. The van der Waals surface area contributed by atoms with Gasteiger partial charge in [-0.15, -0.1) is 0 Å². The normalized spacial score (nSPS) is 17.9. The number of piperazine rings is 1. The van der Waals surface area contributed by atoms with E-state index in [1.807, 2.05) is 0 Å². The second-order valence-corrected chi connectivity index (χ2v) is 8.54. The number of benzene rings is 1. The Labute approximate surface area is 143 Å². The summed E-state index contributed by atoms with van der Waals surface area (Å²) >= 11 is 15.1. The van der Waals surface area contributed by atoms with Crippen LogP contribution in [-0.4, -0.2) is 50.3 Å². The van der Waals surface area contributed by atoms with E-state index in [9.17, 15) is 8.42 Å². The molecule has 1 aromatic carbocycles. The van der Waals surface area contributed by atoms with E-state index in [-0.39, 0.29) is 9.92 Å². The van der Waals surface area contributed by atoms with Crippen molar-refractivity contribution in [2.45, 2.75) is 4.90 Å². The molecule has 8 heteroatoms. The van der Waals surface area contributed by atoms with Crippen LogP contribution in [0, 0.1) is 0 Å². The van der Waals surface area contributed by atoms with Crippen LogP contribution in [0.5, 0.6) is 0 Å². The van der Waals surface area contributed by atoms with E-state index in [0.29, 0.717) is 37.8 Å². The largest absolute Gasteiger partial charge is 0.296 e. The third kappa shape index (κ3) is 4.21. The molecule has 0 saturated carbocycles. The second kappa shape index (κ2) is 6.98. The number of sulfonamides is 1. The van der Waals surface area contributed by atoms with Crippen molar-refractivity contribution in [3.8, 4) is 0 Å². The van der Waals surface area contributed by atoms with Crippen molar-refractivity contribution >= 4 is 49.2 Å². The zero-order valence-electron chi connectivity index (χ0n) is 11.2. The standard InChI is InChI=1S/C13H15BrCl2N2O2S/c1-10(15)9-17-4-6-18(7-5-17)21(19,20)13-3-2-11(14)8-12(13)16/h2-3,8H,1,4-7,9H2. The predicted octanol–water partition coefficient (Wildman–Crippen LogP) is 3.16. The van der Waals surface area contributed by atoms with E-state index < -0.39 is 10.0 Å². The molecule has 0 aromatic heterocycles. The summed E-state index contributed by atoms with van der Waals surface area (Å²) < 4.78 is 27.4. The van der Waals surface area contributed by atoms with Crippen LogP contribution in [0.15, 0.2) is 39.2 Å². The maximum absolute atomic E-state index is 12.6. The lowest BCUT2D eigenvalue weighted by Crippen LogP contribution is -2.48. The summed E-state index contributed by atoms with van der Waals surface area (Å²) in [4.78, 5) is 2.22. The van der Waals surface area contributed by atoms with Crippen molar-refractivity contribution < 1.29 is 8.42 Å². The molecule has 0 aliphatic carbocycles. The molecular weight excluding hydrogens is 399 g/mol. The van der Waals surface area contributed by atoms with Gasteiger partial charge in [-0.05, 0) is 18.2 Å². The van der Waals surface area contributed by atoms with Crippen LogP contribution in [0.4, 0.5) is 0 Å². The van der Waals surface area contributed by atoms with E-state index in [1.54, 1.807) is 12.1 Å². The fourth-order valence-electron chi connectivity index (χ4n) is 2.19. The average Bonchev–Trinajstić information content (AvgIpc) is 2.38. The maximum Gasteiger partial charge on any atom is 0.244 e. The maximum atomic E-state index is 12.6. The Morgan fingerprint density at radius 1 is 1.29 bits per heavy atom. The molecule has 0 atom stereocenters. The third-order valence-corrected chi connectivity index (χ3v) is 6.23. The SMILES string of the molecule is C=C(Cl)CN1CCN(S(=O)(=O)c2ccc(Br)cc2Cl)CC1. The van der Waals surface area contributed by atoms with Gasteiger partial charge in [0.2, 0.25) is 10.0 Å². The molecule has 21 heavy (non-hydrogen) atoms. The molecule has 0 bridgehead atoms. The van der Waals surface area contributed by atoms with E-state index in [4.69, 9.17) is 23.2 Å². The van der Waals surface area contributed by atoms with Gasteiger partial charge in [-0.3, -0.25) is 4.90 Å². The van der Waals surface area contributed by atoms with Gasteiger partial charge in [0, 0.05) is 42.2 Å². The molecular formula is C13H15BrCl2N2O2S. The molecule has 1 aliphatic heterocycles. The van der Waals surface area contributed by atoms with Gasteiger partial charge in [0.15, 0.2) is 0 Å². The fourth-order valence-corrected chi connectivity index (χ4v) is 4.80. The highest BCUT2D eigenvalue weighted by molar-refractivity contribution is 9.10. The first-order valence-corrected chi connectivity index (χ1v) is 9.30. The zero-order chi connectivity index (χ0) is 15.6. The molecule has 116 valence electrons. The molecule has 1 fully saturated rings. The van der Waals surface area contributed by atoms with Crippen LogP contribution in [0.1, 0.15) is 0 Å². The van der Waals surface area contributed by atoms with Crippen molar-refractivity contribution in [3.05, 3.63) is 39.3 Å². The molecule has 0 N–H and O–H groups in total. The van der Waals surface area contributed by atoms with Gasteiger partial charge in [-0.25, -0.2) is 8.42 Å². The summed E-state index contributed by atoms with van der Waals surface area (Å²) in [5.41, 5.74) is 0. The Hall–Kier alpha value is -0.110. The van der Waals surface area contributed by atoms with Crippen LogP contribution in [0.2, 0.25) is 5.02 Å². The smallest absolute Gasteiger partial charge is 0.244 e. The highest BCUT2D eigenvalue weighted by atomic mass is 79.9. The second-order valence-electron chi connectivity index (χ2n) is 4.77. The molecule has 4 nitrogen and oxygen atoms in total. The Morgan fingerprint density at radius 2 is 1.90 bits per heavy atom. The highest BCUT2D eigenvalue weighted by Gasteiger charge is 2.30.